The molecule has 4 amide bonds. The Morgan fingerprint density at radius 3 is 2.48 bits per heavy atom. The molecule has 1 rings (SSSR count). The molecule has 0 fully saturated rings. The second kappa shape index (κ2) is 6.65. The van der Waals surface area contributed by atoms with Crippen molar-refractivity contribution in [2.24, 2.45) is 21.7 Å². The van der Waals surface area contributed by atoms with E-state index in [2.05, 4.69) is 10.2 Å². The van der Waals surface area contributed by atoms with Crippen molar-refractivity contribution in [3.05, 3.63) is 27.7 Å². The summed E-state index contributed by atoms with van der Waals surface area (Å²) >= 11 is 0. The number of nitro groups is 1. The second-order valence-corrected chi connectivity index (χ2v) is 3.52. The van der Waals surface area contributed by atoms with E-state index in [0.717, 1.165) is 12.3 Å². The summed E-state index contributed by atoms with van der Waals surface area (Å²) in [7, 11) is 0. The van der Waals surface area contributed by atoms with Gasteiger partial charge in [0.15, 0.2) is 11.5 Å². The third-order valence-corrected chi connectivity index (χ3v) is 1.99. The molecule has 12 heteroatoms. The van der Waals surface area contributed by atoms with Gasteiger partial charge < -0.3 is 15.9 Å². The second-order valence-electron chi connectivity index (χ2n) is 3.52. The summed E-state index contributed by atoms with van der Waals surface area (Å²) in [5.74, 6) is -0.0407. The Morgan fingerprint density at radius 1 is 1.38 bits per heavy atom. The number of rotatable bonds is 5. The Hall–Kier alpha value is -3.44. The molecule has 0 atom stereocenters. The van der Waals surface area contributed by atoms with Gasteiger partial charge in [0.05, 0.1) is 17.2 Å². The van der Waals surface area contributed by atoms with E-state index >= 15 is 0 Å². The molecular weight excluding hydrogens is 286 g/mol. The number of furan rings is 1. The van der Waals surface area contributed by atoms with Crippen LogP contribution >= 0.6 is 0 Å². The van der Waals surface area contributed by atoms with Crippen molar-refractivity contribution in [1.29, 1.82) is 0 Å². The van der Waals surface area contributed by atoms with Crippen LogP contribution in [0.2, 0.25) is 0 Å². The summed E-state index contributed by atoms with van der Waals surface area (Å²) in [4.78, 5) is 31.2. The van der Waals surface area contributed by atoms with Crippen molar-refractivity contribution in [3.8, 4) is 0 Å². The van der Waals surface area contributed by atoms with Crippen LogP contribution in [0.5, 0.6) is 0 Å². The molecule has 1 aromatic rings. The standard InChI is InChI=1S/C9H11N7O5/c1-4-6(16(19)20)2-7(21-4)5(13-15-9(11)18)3-12-14-8(10)17/h2-3H,1H3,(H3,10,14,17)(H3,11,15,18). The van der Waals surface area contributed by atoms with Gasteiger partial charge in [-0.15, -0.1) is 0 Å². The van der Waals surface area contributed by atoms with E-state index < -0.39 is 17.0 Å². The summed E-state index contributed by atoms with van der Waals surface area (Å²) in [5, 5.41) is 17.7. The Morgan fingerprint density at radius 2 is 2.00 bits per heavy atom. The molecule has 21 heavy (non-hydrogen) atoms. The van der Waals surface area contributed by atoms with Gasteiger partial charge in [-0.25, -0.2) is 20.4 Å². The number of nitrogens with two attached hydrogens (primary N) is 2. The van der Waals surface area contributed by atoms with Crippen LogP contribution < -0.4 is 22.3 Å². The van der Waals surface area contributed by atoms with Crippen molar-refractivity contribution in [3.63, 3.8) is 0 Å². The predicted octanol–water partition coefficient (Wildman–Crippen LogP) is -0.477. The van der Waals surface area contributed by atoms with Crippen LogP contribution in [0.15, 0.2) is 20.7 Å². The van der Waals surface area contributed by atoms with Gasteiger partial charge in [0.1, 0.15) is 5.71 Å². The van der Waals surface area contributed by atoms with E-state index in [1.54, 1.807) is 0 Å². The van der Waals surface area contributed by atoms with Crippen LogP contribution in [0.25, 0.3) is 0 Å². The van der Waals surface area contributed by atoms with Gasteiger partial charge in [-0.05, 0) is 0 Å². The molecule has 0 spiro atoms. The maximum Gasteiger partial charge on any atom is 0.332 e. The number of urea groups is 2. The fourth-order valence-corrected chi connectivity index (χ4v) is 1.20. The van der Waals surface area contributed by atoms with E-state index in [9.17, 15) is 19.7 Å². The molecule has 12 nitrogen and oxygen atoms in total. The van der Waals surface area contributed by atoms with E-state index in [1.165, 1.54) is 6.92 Å². The molecule has 112 valence electrons. The smallest absolute Gasteiger partial charge is 0.332 e. The fourth-order valence-electron chi connectivity index (χ4n) is 1.20. The van der Waals surface area contributed by atoms with Crippen molar-refractivity contribution in [1.82, 2.24) is 10.9 Å². The molecule has 1 aromatic heterocycles. The zero-order chi connectivity index (χ0) is 16.0. The molecule has 6 N–H and O–H groups in total. The third-order valence-electron chi connectivity index (χ3n) is 1.99. The van der Waals surface area contributed by atoms with E-state index in [0.29, 0.717) is 0 Å². The highest BCUT2D eigenvalue weighted by Crippen LogP contribution is 2.22. The van der Waals surface area contributed by atoms with Crippen LogP contribution in [0.3, 0.4) is 0 Å². The van der Waals surface area contributed by atoms with Gasteiger partial charge in [-0.2, -0.15) is 10.2 Å². The first-order valence-corrected chi connectivity index (χ1v) is 5.28. The Labute approximate surface area is 117 Å². The van der Waals surface area contributed by atoms with Gasteiger partial charge >= 0.3 is 17.7 Å². The molecule has 0 saturated carbocycles. The van der Waals surface area contributed by atoms with Crippen LogP contribution in [-0.2, 0) is 0 Å². The Bertz CT molecular complexity index is 632. The molecule has 0 aliphatic carbocycles. The highest BCUT2D eigenvalue weighted by molar-refractivity contribution is 6.37. The lowest BCUT2D eigenvalue weighted by atomic mass is 10.3. The van der Waals surface area contributed by atoms with Gasteiger partial charge in [-0.1, -0.05) is 0 Å². The number of hydrogen-bond donors (Lipinski definition) is 4. The first-order valence-electron chi connectivity index (χ1n) is 5.28. The fraction of sp³-hybridized carbons (Fsp3) is 0.111. The normalized spacial score (nSPS) is 11.4. The molecule has 0 aromatic carbocycles. The Balaban J connectivity index is 3.11. The molecule has 0 saturated heterocycles. The molecule has 0 unspecified atom stereocenters. The number of carbonyl (C=O) groups excluding carboxylic acids is 2. The summed E-state index contributed by atoms with van der Waals surface area (Å²) in [6.07, 6.45) is 0.961. The summed E-state index contributed by atoms with van der Waals surface area (Å²) in [5.41, 5.74) is 13.0. The number of aryl methyl sites for hydroxylation is 1. The lowest BCUT2D eigenvalue weighted by molar-refractivity contribution is -0.385. The lowest BCUT2D eigenvalue weighted by Crippen LogP contribution is -2.27. The number of nitrogens with one attached hydrogen (secondary N) is 2. The maximum absolute atomic E-state index is 10.7. The number of hydrazone groups is 2. The van der Waals surface area contributed by atoms with Gasteiger partial charge in [0.2, 0.25) is 0 Å². The first kappa shape index (κ1) is 15.6. The van der Waals surface area contributed by atoms with Crippen molar-refractivity contribution >= 4 is 29.7 Å². The van der Waals surface area contributed by atoms with Crippen molar-refractivity contribution < 1.29 is 18.9 Å². The number of carbonyl (C=O) groups is 2. The maximum atomic E-state index is 10.7. The molecule has 0 aliphatic rings. The number of hydrogen-bond acceptors (Lipinski definition) is 7. The van der Waals surface area contributed by atoms with Crippen LogP contribution in [0.1, 0.15) is 11.5 Å². The first-order chi connectivity index (χ1) is 9.81. The van der Waals surface area contributed by atoms with Crippen LogP contribution in [0.4, 0.5) is 15.3 Å². The zero-order valence-corrected chi connectivity index (χ0v) is 10.7. The number of primary amides is 2. The van der Waals surface area contributed by atoms with E-state index in [1.807, 2.05) is 10.9 Å². The quantitative estimate of drug-likeness (QED) is 0.323. The average Bonchev–Trinajstić information content (AvgIpc) is 2.75. The highest BCUT2D eigenvalue weighted by Gasteiger charge is 2.20. The molecule has 0 aliphatic heterocycles. The SMILES string of the molecule is Cc1oc(C(C=NNC(N)=O)=NNC(N)=O)cc1[N+](=O)[O-]. The van der Waals surface area contributed by atoms with E-state index in [-0.39, 0.29) is 22.9 Å². The van der Waals surface area contributed by atoms with Gasteiger partial charge in [-0.3, -0.25) is 10.1 Å². The predicted molar refractivity (Wildman–Crippen MR) is 70.6 cm³/mol. The number of nitrogens with zero attached hydrogens (tertiary/aromatic N) is 3. The summed E-state index contributed by atoms with van der Waals surface area (Å²) in [6.45, 7) is 1.37. The molecular formula is C9H11N7O5. The monoisotopic (exact) mass is 297 g/mol. The van der Waals surface area contributed by atoms with Gasteiger partial charge in [0.25, 0.3) is 0 Å². The molecule has 0 bridgehead atoms. The average molecular weight is 297 g/mol. The number of amides is 4. The van der Waals surface area contributed by atoms with Crippen LogP contribution in [0, 0.1) is 17.0 Å². The zero-order valence-electron chi connectivity index (χ0n) is 10.7. The van der Waals surface area contributed by atoms with Crippen LogP contribution in [-0.4, -0.2) is 28.9 Å². The Kier molecular flexibility index (Phi) is 4.94. The van der Waals surface area contributed by atoms with E-state index in [4.69, 9.17) is 15.9 Å². The minimum absolute atomic E-state index is 0.0260. The third kappa shape index (κ3) is 4.62. The summed E-state index contributed by atoms with van der Waals surface area (Å²) in [6, 6.07) is -0.829. The minimum Gasteiger partial charge on any atom is -0.452 e. The van der Waals surface area contributed by atoms with Crippen molar-refractivity contribution in [2.45, 2.75) is 6.92 Å². The summed E-state index contributed by atoms with van der Waals surface area (Å²) < 4.78 is 5.13. The molecule has 1 heterocycles. The largest absolute Gasteiger partial charge is 0.452 e. The highest BCUT2D eigenvalue weighted by atomic mass is 16.6. The van der Waals surface area contributed by atoms with Crippen molar-refractivity contribution in [2.75, 3.05) is 0 Å². The minimum atomic E-state index is -0.971. The topological polar surface area (TPSA) is 191 Å². The molecule has 0 radical (unpaired) electrons. The van der Waals surface area contributed by atoms with Gasteiger partial charge in [0, 0.05) is 6.92 Å². The lowest BCUT2D eigenvalue weighted by Gasteiger charge is -1.97.